The maximum absolute atomic E-state index is 11.9. The lowest BCUT2D eigenvalue weighted by molar-refractivity contribution is 0.0799. The van der Waals surface area contributed by atoms with Crippen LogP contribution in [0, 0.1) is 0 Å². The van der Waals surface area contributed by atoms with Crippen LogP contribution in [0.4, 0.5) is 0 Å². The molecule has 0 unspecified atom stereocenters. The molecule has 2 N–H and O–H groups in total. The molecule has 0 saturated carbocycles. The van der Waals surface area contributed by atoms with Crippen LogP contribution in [0.2, 0.25) is 5.02 Å². The SMILES string of the molecule is CN(CCN)C(=O)c1ccc(Cl)c([SH](=O)=O)c1. The van der Waals surface area contributed by atoms with Crippen molar-refractivity contribution in [1.29, 1.82) is 0 Å². The number of benzene rings is 1. The number of likely N-dealkylation sites (N-methyl/N-ethyl adjacent to an activating group) is 1. The fourth-order valence-electron chi connectivity index (χ4n) is 1.30. The van der Waals surface area contributed by atoms with Crippen LogP contribution in [0.3, 0.4) is 0 Å². The summed E-state index contributed by atoms with van der Waals surface area (Å²) in [6.45, 7) is 0.749. The van der Waals surface area contributed by atoms with E-state index in [0.717, 1.165) is 0 Å². The predicted molar refractivity (Wildman–Crippen MR) is 66.0 cm³/mol. The number of halogens is 1. The van der Waals surface area contributed by atoms with Gasteiger partial charge in [-0.15, -0.1) is 0 Å². The van der Waals surface area contributed by atoms with E-state index < -0.39 is 10.7 Å². The van der Waals surface area contributed by atoms with Crippen LogP contribution in [0.15, 0.2) is 23.1 Å². The molecule has 1 rings (SSSR count). The lowest BCUT2D eigenvalue weighted by Gasteiger charge is -2.16. The minimum absolute atomic E-state index is 0.0475. The molecule has 94 valence electrons. The largest absolute Gasteiger partial charge is 0.340 e. The minimum Gasteiger partial charge on any atom is -0.340 e. The van der Waals surface area contributed by atoms with Crippen molar-refractivity contribution in [3.05, 3.63) is 28.8 Å². The fourth-order valence-corrected chi connectivity index (χ4v) is 2.12. The van der Waals surface area contributed by atoms with Crippen molar-refractivity contribution in [2.45, 2.75) is 4.90 Å². The third kappa shape index (κ3) is 3.42. The second-order valence-electron chi connectivity index (χ2n) is 3.44. The molecule has 1 amide bonds. The second-order valence-corrected chi connectivity index (χ2v) is 4.84. The number of rotatable bonds is 4. The average molecular weight is 277 g/mol. The molecule has 7 heteroatoms. The van der Waals surface area contributed by atoms with Crippen LogP contribution >= 0.6 is 11.6 Å². The van der Waals surface area contributed by atoms with E-state index in [9.17, 15) is 13.2 Å². The summed E-state index contributed by atoms with van der Waals surface area (Å²) in [7, 11) is -1.21. The maximum Gasteiger partial charge on any atom is 0.253 e. The Hall–Kier alpha value is -1.11. The van der Waals surface area contributed by atoms with Crippen LogP contribution in [-0.2, 0) is 10.7 Å². The Morgan fingerprint density at radius 2 is 2.12 bits per heavy atom. The monoisotopic (exact) mass is 276 g/mol. The average Bonchev–Trinajstić information content (AvgIpc) is 2.28. The summed E-state index contributed by atoms with van der Waals surface area (Å²) >= 11 is 5.71. The van der Waals surface area contributed by atoms with Crippen molar-refractivity contribution in [1.82, 2.24) is 4.90 Å². The Bertz CT molecular complexity index is 494. The highest BCUT2D eigenvalue weighted by Gasteiger charge is 2.13. The lowest BCUT2D eigenvalue weighted by atomic mass is 10.2. The molecule has 0 spiro atoms. The molecule has 0 bridgehead atoms. The minimum atomic E-state index is -2.81. The van der Waals surface area contributed by atoms with Crippen molar-refractivity contribution < 1.29 is 13.2 Å². The van der Waals surface area contributed by atoms with Crippen molar-refractivity contribution in [2.75, 3.05) is 20.1 Å². The Kier molecular flexibility index (Phi) is 4.92. The second kappa shape index (κ2) is 6.00. The van der Waals surface area contributed by atoms with Gasteiger partial charge in [-0.05, 0) is 18.2 Å². The highest BCUT2D eigenvalue weighted by molar-refractivity contribution is 7.72. The zero-order chi connectivity index (χ0) is 13.0. The van der Waals surface area contributed by atoms with Gasteiger partial charge in [-0.2, -0.15) is 0 Å². The van der Waals surface area contributed by atoms with Gasteiger partial charge in [0.1, 0.15) is 0 Å². The van der Waals surface area contributed by atoms with Crippen molar-refractivity contribution >= 4 is 28.2 Å². The van der Waals surface area contributed by atoms with E-state index in [1.54, 1.807) is 7.05 Å². The highest BCUT2D eigenvalue weighted by Crippen LogP contribution is 2.19. The highest BCUT2D eigenvalue weighted by atomic mass is 35.5. The lowest BCUT2D eigenvalue weighted by Crippen LogP contribution is -2.31. The number of nitrogens with zero attached hydrogens (tertiary/aromatic N) is 1. The number of thiol groups is 1. The first-order valence-corrected chi connectivity index (χ1v) is 6.42. The van der Waals surface area contributed by atoms with E-state index in [4.69, 9.17) is 17.3 Å². The van der Waals surface area contributed by atoms with Crippen molar-refractivity contribution in [3.8, 4) is 0 Å². The number of carbonyl (C=O) groups is 1. The summed E-state index contributed by atoms with van der Waals surface area (Å²) < 4.78 is 21.8. The molecule has 1 aromatic carbocycles. The van der Waals surface area contributed by atoms with E-state index in [1.807, 2.05) is 0 Å². The molecule has 1 aromatic rings. The smallest absolute Gasteiger partial charge is 0.253 e. The Morgan fingerprint density at radius 3 is 2.65 bits per heavy atom. The van der Waals surface area contributed by atoms with Crippen LogP contribution < -0.4 is 5.73 Å². The molecule has 0 aromatic heterocycles. The van der Waals surface area contributed by atoms with E-state index >= 15 is 0 Å². The van der Waals surface area contributed by atoms with E-state index in [1.165, 1.54) is 23.1 Å². The van der Waals surface area contributed by atoms with Gasteiger partial charge in [0, 0.05) is 25.7 Å². The van der Waals surface area contributed by atoms with Gasteiger partial charge < -0.3 is 10.6 Å². The summed E-state index contributed by atoms with van der Waals surface area (Å²) in [4.78, 5) is 13.2. The molecule has 17 heavy (non-hydrogen) atoms. The van der Waals surface area contributed by atoms with Gasteiger partial charge in [0.25, 0.3) is 5.91 Å². The van der Waals surface area contributed by atoms with Gasteiger partial charge in [-0.1, -0.05) is 11.6 Å². The molecule has 0 fully saturated rings. The zero-order valence-electron chi connectivity index (χ0n) is 9.22. The van der Waals surface area contributed by atoms with E-state index in [2.05, 4.69) is 0 Å². The molecule has 0 aliphatic carbocycles. The molecular weight excluding hydrogens is 264 g/mol. The Labute approximate surface area is 106 Å². The molecule has 0 aliphatic heterocycles. The van der Waals surface area contributed by atoms with Crippen molar-refractivity contribution in [2.24, 2.45) is 5.73 Å². The molecule has 0 atom stereocenters. The van der Waals surface area contributed by atoms with Gasteiger partial charge in [0.15, 0.2) is 10.7 Å². The fraction of sp³-hybridized carbons (Fsp3) is 0.300. The summed E-state index contributed by atoms with van der Waals surface area (Å²) in [6, 6.07) is 4.15. The predicted octanol–water partition coefficient (Wildman–Crippen LogP) is 0.341. The quantitative estimate of drug-likeness (QED) is 0.777. The third-order valence-electron chi connectivity index (χ3n) is 2.20. The summed E-state index contributed by atoms with van der Waals surface area (Å²) in [6.07, 6.45) is 0. The van der Waals surface area contributed by atoms with Gasteiger partial charge >= 0.3 is 0 Å². The Balaban J connectivity index is 3.08. The number of nitrogens with two attached hydrogens (primary N) is 1. The van der Waals surface area contributed by atoms with Gasteiger partial charge in [-0.3, -0.25) is 4.79 Å². The van der Waals surface area contributed by atoms with Crippen LogP contribution in [0.25, 0.3) is 0 Å². The van der Waals surface area contributed by atoms with Gasteiger partial charge in [0.05, 0.1) is 9.92 Å². The van der Waals surface area contributed by atoms with E-state index in [-0.39, 0.29) is 21.4 Å². The normalized spacial score (nSPS) is 10.6. The molecule has 0 heterocycles. The Morgan fingerprint density at radius 1 is 1.47 bits per heavy atom. The molecule has 0 saturated heterocycles. The third-order valence-corrected chi connectivity index (χ3v) is 3.43. The number of amides is 1. The molecule has 0 aliphatic rings. The summed E-state index contributed by atoms with van der Waals surface area (Å²) in [5.41, 5.74) is 5.61. The maximum atomic E-state index is 11.9. The first-order chi connectivity index (χ1) is 7.97. The summed E-state index contributed by atoms with van der Waals surface area (Å²) in [5, 5.41) is 0.110. The number of carbonyl (C=O) groups excluding carboxylic acids is 1. The van der Waals surface area contributed by atoms with E-state index in [0.29, 0.717) is 13.1 Å². The first kappa shape index (κ1) is 14.0. The van der Waals surface area contributed by atoms with Crippen LogP contribution in [-0.4, -0.2) is 39.4 Å². The topological polar surface area (TPSA) is 80.5 Å². The van der Waals surface area contributed by atoms with Gasteiger partial charge in [0.2, 0.25) is 0 Å². The number of hydrogen-bond donors (Lipinski definition) is 2. The molecule has 5 nitrogen and oxygen atoms in total. The van der Waals surface area contributed by atoms with Crippen LogP contribution in [0.1, 0.15) is 10.4 Å². The first-order valence-electron chi connectivity index (χ1n) is 4.87. The standard InChI is InChI=1S/C10H13ClN2O3S/c1-13(5-4-12)10(14)7-2-3-8(11)9(6-7)17(15)16/h2-3,6,17H,4-5,12H2,1H3. The molecular formula is C10H13ClN2O3S. The van der Waals surface area contributed by atoms with Crippen molar-refractivity contribution in [3.63, 3.8) is 0 Å². The zero-order valence-corrected chi connectivity index (χ0v) is 10.9. The number of hydrogen-bond acceptors (Lipinski definition) is 4. The van der Waals surface area contributed by atoms with Crippen LogP contribution in [0.5, 0.6) is 0 Å². The van der Waals surface area contributed by atoms with Gasteiger partial charge in [-0.25, -0.2) is 8.42 Å². The molecule has 0 radical (unpaired) electrons. The summed E-state index contributed by atoms with van der Waals surface area (Å²) in [5.74, 6) is -0.287.